The second kappa shape index (κ2) is 6.13. The second-order valence-electron chi connectivity index (χ2n) is 6.44. The molecule has 0 amide bonds. The predicted molar refractivity (Wildman–Crippen MR) is 88.0 cm³/mol. The summed E-state index contributed by atoms with van der Waals surface area (Å²) in [4.78, 5) is 4.32. The molecule has 3 aliphatic rings. The molecule has 4 nitrogen and oxygen atoms in total. The van der Waals surface area contributed by atoms with Gasteiger partial charge in [-0.2, -0.15) is 0 Å². The first kappa shape index (κ1) is 15.1. The van der Waals surface area contributed by atoms with Crippen LogP contribution in [0.2, 0.25) is 0 Å². The minimum atomic E-state index is -0.724. The summed E-state index contributed by atoms with van der Waals surface area (Å²) in [5, 5.41) is 13.4. The normalized spacial score (nSPS) is 32.3. The number of allylic oxidation sites excluding steroid dienone is 6. The molecule has 2 heterocycles. The van der Waals surface area contributed by atoms with Gasteiger partial charge in [-0.1, -0.05) is 32.1 Å². The first-order chi connectivity index (χ1) is 10.6. The van der Waals surface area contributed by atoms with Gasteiger partial charge in [0.15, 0.2) is 6.23 Å². The van der Waals surface area contributed by atoms with Gasteiger partial charge in [0.2, 0.25) is 0 Å². The number of fused-ring (bicyclic) bond motifs is 1. The Morgan fingerprint density at radius 2 is 2.23 bits per heavy atom. The monoisotopic (exact) mass is 300 g/mol. The van der Waals surface area contributed by atoms with Gasteiger partial charge in [0.05, 0.1) is 12.9 Å². The van der Waals surface area contributed by atoms with E-state index in [9.17, 15) is 5.11 Å². The Morgan fingerprint density at radius 3 is 2.95 bits per heavy atom. The Balaban J connectivity index is 1.85. The summed E-state index contributed by atoms with van der Waals surface area (Å²) in [5.41, 5.74) is 2.23. The molecule has 0 bridgehead atoms. The lowest BCUT2D eigenvalue weighted by Gasteiger charge is -2.27. The van der Waals surface area contributed by atoms with Crippen LogP contribution in [0.4, 0.5) is 0 Å². The lowest BCUT2D eigenvalue weighted by molar-refractivity contribution is 0.211. The van der Waals surface area contributed by atoms with Gasteiger partial charge in [-0.15, -0.1) is 0 Å². The Kier molecular flexibility index (Phi) is 4.21. The summed E-state index contributed by atoms with van der Waals surface area (Å²) in [6, 6.07) is 0. The van der Waals surface area contributed by atoms with Gasteiger partial charge in [-0.3, -0.25) is 0 Å². The van der Waals surface area contributed by atoms with Crippen LogP contribution in [0.15, 0.2) is 52.4 Å². The van der Waals surface area contributed by atoms with E-state index in [1.807, 2.05) is 6.20 Å². The fourth-order valence-electron chi connectivity index (χ4n) is 3.38. The predicted octanol–water partition coefficient (Wildman–Crippen LogP) is 2.90. The lowest BCUT2D eigenvalue weighted by Crippen LogP contribution is -2.27. The molecule has 3 atom stereocenters. The summed E-state index contributed by atoms with van der Waals surface area (Å²) in [6.45, 7) is 4.43. The Labute approximate surface area is 132 Å². The zero-order valence-corrected chi connectivity index (χ0v) is 13.4. The van der Waals surface area contributed by atoms with Crippen LogP contribution in [0.5, 0.6) is 0 Å². The number of amidine groups is 1. The average molecular weight is 300 g/mol. The molecule has 3 unspecified atom stereocenters. The highest BCUT2D eigenvalue weighted by Crippen LogP contribution is 2.36. The van der Waals surface area contributed by atoms with E-state index >= 15 is 0 Å². The van der Waals surface area contributed by atoms with Crippen molar-refractivity contribution >= 4 is 5.84 Å². The smallest absolute Gasteiger partial charge is 0.170 e. The number of hydrogen-bond donors (Lipinski definition) is 2. The van der Waals surface area contributed by atoms with Crippen LogP contribution in [0.3, 0.4) is 0 Å². The topological polar surface area (TPSA) is 53.9 Å². The van der Waals surface area contributed by atoms with Crippen LogP contribution in [0, 0.1) is 17.8 Å². The number of aliphatic hydroxyl groups excluding tert-OH is 1. The van der Waals surface area contributed by atoms with E-state index in [2.05, 4.69) is 48.5 Å². The maximum Gasteiger partial charge on any atom is 0.170 e. The Bertz CT molecular complexity index is 596. The van der Waals surface area contributed by atoms with Gasteiger partial charge in [-0.25, -0.2) is 4.99 Å². The molecule has 2 N–H and O–H groups in total. The Hall–Kier alpha value is -1.81. The van der Waals surface area contributed by atoms with E-state index < -0.39 is 6.23 Å². The van der Waals surface area contributed by atoms with Gasteiger partial charge < -0.3 is 15.2 Å². The number of rotatable bonds is 3. The van der Waals surface area contributed by atoms with Crippen LogP contribution in [-0.2, 0) is 4.74 Å². The van der Waals surface area contributed by atoms with Gasteiger partial charge in [0, 0.05) is 11.8 Å². The van der Waals surface area contributed by atoms with Crippen molar-refractivity contribution < 1.29 is 9.84 Å². The quantitative estimate of drug-likeness (QED) is 0.842. The van der Waals surface area contributed by atoms with Crippen LogP contribution in [0.1, 0.15) is 26.7 Å². The average Bonchev–Trinajstić information content (AvgIpc) is 2.83. The largest absolute Gasteiger partial charge is 0.501 e. The molecular weight excluding hydrogens is 276 g/mol. The number of ether oxygens (including phenoxy) is 1. The SMILES string of the molecule is COC1=CC=C(/C=C2/C(O)N=C3NC=CCC32)CC1C(C)C. The number of methoxy groups -OCH3 is 1. The van der Waals surface area contributed by atoms with E-state index in [1.165, 1.54) is 5.57 Å². The first-order valence-electron chi connectivity index (χ1n) is 7.93. The molecule has 22 heavy (non-hydrogen) atoms. The molecule has 1 aliphatic carbocycles. The van der Waals surface area contributed by atoms with Crippen molar-refractivity contribution in [1.82, 2.24) is 5.32 Å². The fourth-order valence-corrected chi connectivity index (χ4v) is 3.38. The molecule has 4 heteroatoms. The molecule has 0 aromatic rings. The van der Waals surface area contributed by atoms with E-state index in [0.29, 0.717) is 11.8 Å². The lowest BCUT2D eigenvalue weighted by atomic mass is 9.82. The van der Waals surface area contributed by atoms with Crippen molar-refractivity contribution in [2.75, 3.05) is 7.11 Å². The van der Waals surface area contributed by atoms with Gasteiger partial charge in [0.25, 0.3) is 0 Å². The van der Waals surface area contributed by atoms with E-state index in [-0.39, 0.29) is 5.92 Å². The summed E-state index contributed by atoms with van der Waals surface area (Å²) < 4.78 is 5.50. The number of nitrogens with zero attached hydrogens (tertiary/aromatic N) is 1. The number of nitrogens with one attached hydrogen (secondary N) is 1. The van der Waals surface area contributed by atoms with Crippen molar-refractivity contribution in [3.05, 3.63) is 47.4 Å². The minimum absolute atomic E-state index is 0.186. The minimum Gasteiger partial charge on any atom is -0.501 e. The maximum absolute atomic E-state index is 10.2. The molecule has 0 saturated heterocycles. The van der Waals surface area contributed by atoms with Crippen molar-refractivity contribution in [3.63, 3.8) is 0 Å². The molecule has 3 rings (SSSR count). The highest BCUT2D eigenvalue weighted by atomic mass is 16.5. The van der Waals surface area contributed by atoms with Gasteiger partial charge in [-0.05, 0) is 42.2 Å². The third kappa shape index (κ3) is 2.75. The van der Waals surface area contributed by atoms with E-state index in [1.54, 1.807) is 7.11 Å². The molecule has 0 fully saturated rings. The highest BCUT2D eigenvalue weighted by molar-refractivity contribution is 5.91. The fraction of sp³-hybridized carbons (Fsp3) is 0.500. The van der Waals surface area contributed by atoms with E-state index in [0.717, 1.165) is 30.0 Å². The number of aliphatic imine (C=N–C) groups is 1. The number of aliphatic hydroxyl groups is 1. The van der Waals surface area contributed by atoms with Gasteiger partial charge in [0.1, 0.15) is 5.84 Å². The highest BCUT2D eigenvalue weighted by Gasteiger charge is 2.33. The van der Waals surface area contributed by atoms with E-state index in [4.69, 9.17) is 4.74 Å². The summed E-state index contributed by atoms with van der Waals surface area (Å²) in [7, 11) is 1.74. The molecule has 0 radical (unpaired) electrons. The molecule has 0 saturated carbocycles. The third-order valence-corrected chi connectivity index (χ3v) is 4.69. The molecule has 0 aromatic heterocycles. The summed E-state index contributed by atoms with van der Waals surface area (Å²) in [6.07, 6.45) is 11.4. The van der Waals surface area contributed by atoms with Crippen LogP contribution in [-0.4, -0.2) is 24.3 Å². The second-order valence-corrected chi connectivity index (χ2v) is 6.44. The molecule has 0 spiro atoms. The van der Waals surface area contributed by atoms with Gasteiger partial charge >= 0.3 is 0 Å². The van der Waals surface area contributed by atoms with Crippen LogP contribution in [0.25, 0.3) is 0 Å². The summed E-state index contributed by atoms with van der Waals surface area (Å²) in [5.74, 6) is 3.03. The summed E-state index contributed by atoms with van der Waals surface area (Å²) >= 11 is 0. The zero-order valence-electron chi connectivity index (χ0n) is 13.4. The van der Waals surface area contributed by atoms with Crippen LogP contribution < -0.4 is 5.32 Å². The van der Waals surface area contributed by atoms with Crippen LogP contribution >= 0.6 is 0 Å². The van der Waals surface area contributed by atoms with Crippen molar-refractivity contribution in [3.8, 4) is 0 Å². The Morgan fingerprint density at radius 1 is 1.41 bits per heavy atom. The van der Waals surface area contributed by atoms with Crippen molar-refractivity contribution in [1.29, 1.82) is 0 Å². The molecule has 0 aromatic carbocycles. The van der Waals surface area contributed by atoms with Crippen molar-refractivity contribution in [2.45, 2.75) is 32.9 Å². The molecule has 2 aliphatic heterocycles. The number of hydrogen-bond acceptors (Lipinski definition) is 4. The van der Waals surface area contributed by atoms with Crippen molar-refractivity contribution in [2.24, 2.45) is 22.7 Å². The molecular formula is C18H24N2O2. The first-order valence-corrected chi connectivity index (χ1v) is 7.93. The third-order valence-electron chi connectivity index (χ3n) is 4.69. The standard InChI is InChI=1S/C18H24N2O2/c1-11(2)14-9-12(6-7-16(14)22-3)10-15-13-5-4-8-19-17(13)20-18(15)21/h4,6-8,10-11,13-14,18,21H,5,9H2,1-3H3,(H,19,20)/b15-10+. The molecule has 118 valence electrons. The maximum atomic E-state index is 10.2. The zero-order chi connectivity index (χ0) is 15.7.